The molecule has 0 amide bonds. The lowest BCUT2D eigenvalue weighted by molar-refractivity contribution is -0.600. The van der Waals surface area contributed by atoms with Crippen molar-refractivity contribution in [3.63, 3.8) is 0 Å². The molecule has 0 saturated carbocycles. The molecule has 0 saturated heterocycles. The van der Waals surface area contributed by atoms with Crippen LogP contribution in [0.25, 0.3) is 5.82 Å². The van der Waals surface area contributed by atoms with Crippen molar-refractivity contribution in [3.05, 3.63) is 49.6 Å². The van der Waals surface area contributed by atoms with E-state index in [-0.39, 0.29) is 5.82 Å². The molecule has 0 aliphatic carbocycles. The maximum Gasteiger partial charge on any atom is 0.439 e. The predicted octanol–water partition coefficient (Wildman–Crippen LogP) is -0.545. The SMILES string of the molecule is Cc1cc(C)c(-n2c(=O)n3n(c2=O)CCC3)[n+]([O-])c1. The van der Waals surface area contributed by atoms with Gasteiger partial charge in [-0.05, 0) is 31.9 Å². The Morgan fingerprint density at radius 1 is 1.16 bits per heavy atom. The number of aryl methyl sites for hydroxylation is 2. The molecule has 3 heterocycles. The summed E-state index contributed by atoms with van der Waals surface area (Å²) in [6.45, 7) is 4.55. The van der Waals surface area contributed by atoms with Crippen LogP contribution in [0.15, 0.2) is 21.9 Å². The maximum absolute atomic E-state index is 12.2. The van der Waals surface area contributed by atoms with Crippen LogP contribution in [0, 0.1) is 19.1 Å². The summed E-state index contributed by atoms with van der Waals surface area (Å²) in [7, 11) is 0. The average Bonchev–Trinajstić information content (AvgIpc) is 2.87. The summed E-state index contributed by atoms with van der Waals surface area (Å²) in [5.41, 5.74) is 0.508. The Hall–Kier alpha value is -2.31. The minimum absolute atomic E-state index is 0.0926. The van der Waals surface area contributed by atoms with Crippen LogP contribution < -0.4 is 16.1 Å². The second kappa shape index (κ2) is 3.84. The summed E-state index contributed by atoms with van der Waals surface area (Å²) in [4.78, 5) is 24.4. The normalized spacial score (nSPS) is 13.8. The van der Waals surface area contributed by atoms with Gasteiger partial charge in [0.05, 0.1) is 6.20 Å². The third-order valence-electron chi connectivity index (χ3n) is 3.39. The fourth-order valence-corrected chi connectivity index (χ4v) is 2.64. The van der Waals surface area contributed by atoms with Gasteiger partial charge in [0.25, 0.3) is 0 Å². The lowest BCUT2D eigenvalue weighted by Crippen LogP contribution is -2.41. The van der Waals surface area contributed by atoms with Crippen LogP contribution in [0.5, 0.6) is 0 Å². The van der Waals surface area contributed by atoms with Crippen LogP contribution in [-0.2, 0) is 13.1 Å². The minimum atomic E-state index is -0.445. The zero-order chi connectivity index (χ0) is 13.7. The molecule has 0 unspecified atom stereocenters. The molecule has 3 rings (SSSR count). The van der Waals surface area contributed by atoms with Gasteiger partial charge >= 0.3 is 17.2 Å². The highest BCUT2D eigenvalue weighted by molar-refractivity contribution is 5.30. The van der Waals surface area contributed by atoms with Crippen LogP contribution >= 0.6 is 0 Å². The summed E-state index contributed by atoms with van der Waals surface area (Å²) < 4.78 is 4.33. The number of pyridine rings is 1. The highest BCUT2D eigenvalue weighted by atomic mass is 16.5. The maximum atomic E-state index is 12.2. The Kier molecular flexibility index (Phi) is 2.38. The van der Waals surface area contributed by atoms with Gasteiger partial charge in [-0.25, -0.2) is 23.7 Å². The molecule has 100 valence electrons. The molecule has 0 bridgehead atoms. The molecule has 0 spiro atoms. The van der Waals surface area contributed by atoms with Crippen molar-refractivity contribution < 1.29 is 4.73 Å². The third kappa shape index (κ3) is 1.54. The molecule has 0 atom stereocenters. The number of hydrogen-bond donors (Lipinski definition) is 0. The number of hydrogen-bond acceptors (Lipinski definition) is 3. The Morgan fingerprint density at radius 2 is 1.74 bits per heavy atom. The Bertz CT molecular complexity index is 723. The van der Waals surface area contributed by atoms with Gasteiger partial charge < -0.3 is 5.21 Å². The number of aromatic nitrogens is 4. The first kappa shape index (κ1) is 11.8. The van der Waals surface area contributed by atoms with E-state index in [1.165, 1.54) is 15.6 Å². The zero-order valence-electron chi connectivity index (χ0n) is 10.8. The van der Waals surface area contributed by atoms with E-state index < -0.39 is 11.4 Å². The summed E-state index contributed by atoms with van der Waals surface area (Å²) >= 11 is 0. The van der Waals surface area contributed by atoms with Crippen molar-refractivity contribution in [2.75, 3.05) is 0 Å². The standard InChI is InChI=1S/C12H14N4O3/c1-8-6-9(2)10(15(19)7-8)16-11(17)13-4-3-5-14(13)12(16)18/h6-7H,3-5H2,1-2H3. The summed E-state index contributed by atoms with van der Waals surface area (Å²) in [6, 6.07) is 1.78. The fraction of sp³-hybridized carbons (Fsp3) is 0.417. The monoisotopic (exact) mass is 262 g/mol. The summed E-state index contributed by atoms with van der Waals surface area (Å²) in [5, 5.41) is 12.0. The van der Waals surface area contributed by atoms with E-state index in [0.29, 0.717) is 23.4 Å². The number of nitrogens with zero attached hydrogens (tertiary/aromatic N) is 4. The van der Waals surface area contributed by atoms with Gasteiger partial charge in [-0.15, -0.1) is 0 Å². The molecule has 2 aromatic heterocycles. The predicted molar refractivity (Wildman–Crippen MR) is 67.3 cm³/mol. The molecule has 0 radical (unpaired) electrons. The zero-order valence-corrected chi connectivity index (χ0v) is 10.8. The number of fused-ring (bicyclic) bond motifs is 1. The Morgan fingerprint density at radius 3 is 2.26 bits per heavy atom. The van der Waals surface area contributed by atoms with Gasteiger partial charge in [-0.3, -0.25) is 0 Å². The molecule has 19 heavy (non-hydrogen) atoms. The summed E-state index contributed by atoms with van der Waals surface area (Å²) in [6.07, 6.45) is 2.14. The molecular formula is C12H14N4O3. The van der Waals surface area contributed by atoms with Crippen molar-refractivity contribution in [1.29, 1.82) is 0 Å². The molecule has 1 aliphatic rings. The molecule has 7 heteroatoms. The van der Waals surface area contributed by atoms with E-state index in [1.807, 2.05) is 0 Å². The molecule has 2 aromatic rings. The van der Waals surface area contributed by atoms with E-state index in [0.717, 1.165) is 16.6 Å². The Balaban J connectivity index is 2.37. The van der Waals surface area contributed by atoms with Crippen molar-refractivity contribution >= 4 is 0 Å². The van der Waals surface area contributed by atoms with Crippen LogP contribution in [0.2, 0.25) is 0 Å². The van der Waals surface area contributed by atoms with Crippen molar-refractivity contribution in [2.45, 2.75) is 33.4 Å². The molecule has 1 aliphatic heterocycles. The van der Waals surface area contributed by atoms with E-state index >= 15 is 0 Å². The molecule has 0 aromatic carbocycles. The van der Waals surface area contributed by atoms with E-state index in [2.05, 4.69) is 0 Å². The quantitative estimate of drug-likeness (QED) is 0.511. The van der Waals surface area contributed by atoms with Crippen molar-refractivity contribution in [2.24, 2.45) is 0 Å². The molecular weight excluding hydrogens is 248 g/mol. The first-order chi connectivity index (χ1) is 9.00. The van der Waals surface area contributed by atoms with Gasteiger partial charge in [0.2, 0.25) is 0 Å². The molecule has 0 fully saturated rings. The van der Waals surface area contributed by atoms with E-state index in [1.54, 1.807) is 19.9 Å². The Labute approximate surface area is 108 Å². The van der Waals surface area contributed by atoms with E-state index in [4.69, 9.17) is 0 Å². The largest absolute Gasteiger partial charge is 0.711 e. The smallest absolute Gasteiger partial charge is 0.439 e. The third-order valence-corrected chi connectivity index (χ3v) is 3.39. The first-order valence-electron chi connectivity index (χ1n) is 6.14. The second-order valence-corrected chi connectivity index (χ2v) is 4.85. The van der Waals surface area contributed by atoms with Gasteiger partial charge in [0.1, 0.15) is 0 Å². The lowest BCUT2D eigenvalue weighted by atomic mass is 10.2. The van der Waals surface area contributed by atoms with Crippen LogP contribution in [-0.4, -0.2) is 13.9 Å². The van der Waals surface area contributed by atoms with Crippen LogP contribution in [0.1, 0.15) is 17.5 Å². The second-order valence-electron chi connectivity index (χ2n) is 4.85. The topological polar surface area (TPSA) is 75.9 Å². The van der Waals surface area contributed by atoms with Crippen molar-refractivity contribution in [3.8, 4) is 5.82 Å². The average molecular weight is 262 g/mol. The molecule has 7 nitrogen and oxygen atoms in total. The fourth-order valence-electron chi connectivity index (χ4n) is 2.64. The summed E-state index contributed by atoms with van der Waals surface area (Å²) in [5.74, 6) is 0.0926. The van der Waals surface area contributed by atoms with E-state index in [9.17, 15) is 14.8 Å². The van der Waals surface area contributed by atoms with Crippen molar-refractivity contribution in [1.82, 2.24) is 13.9 Å². The molecule has 0 N–H and O–H groups in total. The highest BCUT2D eigenvalue weighted by Gasteiger charge is 2.29. The highest BCUT2D eigenvalue weighted by Crippen LogP contribution is 2.08. The van der Waals surface area contributed by atoms with Gasteiger partial charge in [-0.1, -0.05) is 4.57 Å². The minimum Gasteiger partial charge on any atom is -0.711 e. The first-order valence-corrected chi connectivity index (χ1v) is 6.14. The van der Waals surface area contributed by atoms with Crippen LogP contribution in [0.4, 0.5) is 0 Å². The van der Waals surface area contributed by atoms with Gasteiger partial charge in [0.15, 0.2) is 0 Å². The van der Waals surface area contributed by atoms with Gasteiger partial charge in [-0.2, -0.15) is 0 Å². The lowest BCUT2D eigenvalue weighted by Gasteiger charge is -2.09. The van der Waals surface area contributed by atoms with Crippen LogP contribution in [0.3, 0.4) is 0 Å². The number of rotatable bonds is 1. The van der Waals surface area contributed by atoms with Gasteiger partial charge in [0, 0.05) is 18.7 Å².